The van der Waals surface area contributed by atoms with Crippen LogP contribution in [0.2, 0.25) is 0 Å². The Hall–Kier alpha value is -3.55. The van der Waals surface area contributed by atoms with E-state index in [1.54, 1.807) is 37.2 Å². The number of imidazole rings is 1. The summed E-state index contributed by atoms with van der Waals surface area (Å²) in [6.07, 6.45) is 19.0. The largest absolute Gasteiger partial charge is 0.346 e. The van der Waals surface area contributed by atoms with Crippen molar-refractivity contribution >= 4 is 0 Å². The maximum atomic E-state index is 4.92. The number of aromatic nitrogens is 8. The zero-order valence-corrected chi connectivity index (χ0v) is 18.2. The van der Waals surface area contributed by atoms with Crippen LogP contribution in [0.3, 0.4) is 0 Å². The van der Waals surface area contributed by atoms with Crippen LogP contribution in [0.5, 0.6) is 0 Å². The maximum absolute atomic E-state index is 4.92. The highest BCUT2D eigenvalue weighted by Gasteiger charge is 2.12. The van der Waals surface area contributed by atoms with E-state index in [-0.39, 0.29) is 0 Å². The van der Waals surface area contributed by atoms with Crippen molar-refractivity contribution in [3.63, 3.8) is 0 Å². The van der Waals surface area contributed by atoms with E-state index in [0.717, 1.165) is 86.8 Å². The average Bonchev–Trinajstić information content (AvgIpc) is 3.24. The highest BCUT2D eigenvalue weighted by Crippen LogP contribution is 2.15. The molecule has 0 atom stereocenters. The molecule has 4 aromatic heterocycles. The van der Waals surface area contributed by atoms with E-state index < -0.39 is 0 Å². The lowest BCUT2D eigenvalue weighted by Crippen LogP contribution is -2.01. The van der Waals surface area contributed by atoms with Crippen LogP contribution in [-0.2, 0) is 38.5 Å². The minimum Gasteiger partial charge on any atom is -0.346 e. The van der Waals surface area contributed by atoms with Gasteiger partial charge in [0, 0.05) is 68.6 Å². The van der Waals surface area contributed by atoms with Crippen molar-refractivity contribution in [2.45, 2.75) is 57.8 Å². The highest BCUT2D eigenvalue weighted by atomic mass is 14.9. The first kappa shape index (κ1) is 21.7. The minimum atomic E-state index is 0.783. The minimum absolute atomic E-state index is 0.783. The molecule has 164 valence electrons. The summed E-state index contributed by atoms with van der Waals surface area (Å²) in [6, 6.07) is 5.53. The number of aromatic amines is 1. The zero-order valence-electron chi connectivity index (χ0n) is 18.2. The number of hydrogen-bond acceptors (Lipinski definition) is 7. The van der Waals surface area contributed by atoms with Gasteiger partial charge in [0.25, 0.3) is 0 Å². The molecule has 0 aliphatic rings. The first-order valence-electron chi connectivity index (χ1n) is 11.2. The fourth-order valence-corrected chi connectivity index (χ4v) is 3.64. The number of nitrogens with one attached hydrogen (secondary N) is 1. The molecule has 0 spiro atoms. The van der Waals surface area contributed by atoms with E-state index in [1.807, 2.05) is 18.2 Å². The number of rotatable bonds is 12. The molecule has 0 saturated carbocycles. The summed E-state index contributed by atoms with van der Waals surface area (Å²) in [6.45, 7) is 0. The number of aryl methyl sites for hydroxylation is 6. The van der Waals surface area contributed by atoms with Gasteiger partial charge in [-0.1, -0.05) is 0 Å². The first-order valence-corrected chi connectivity index (χ1v) is 11.2. The number of unbranched alkanes of at least 4 members (excludes halogenated alkanes) is 1. The number of hydrogen-bond donors (Lipinski definition) is 1. The van der Waals surface area contributed by atoms with Gasteiger partial charge in [-0.15, -0.1) is 0 Å². The fourth-order valence-electron chi connectivity index (χ4n) is 3.64. The Kier molecular flexibility index (Phi) is 7.95. The highest BCUT2D eigenvalue weighted by molar-refractivity contribution is 5.17. The van der Waals surface area contributed by atoms with Crippen LogP contribution in [0.1, 0.15) is 53.9 Å². The molecule has 0 amide bonds. The molecule has 0 aliphatic carbocycles. The van der Waals surface area contributed by atoms with Gasteiger partial charge >= 0.3 is 0 Å². The molecular weight excluding hydrogens is 400 g/mol. The molecule has 0 bridgehead atoms. The molecule has 8 heteroatoms. The number of nitrogens with zero attached hydrogens (tertiary/aromatic N) is 7. The third kappa shape index (κ3) is 6.73. The van der Waals surface area contributed by atoms with Gasteiger partial charge in [-0.2, -0.15) is 0 Å². The molecule has 0 radical (unpaired) electrons. The van der Waals surface area contributed by atoms with E-state index in [0.29, 0.717) is 0 Å². The number of H-pyrrole nitrogens is 1. The van der Waals surface area contributed by atoms with Crippen molar-refractivity contribution in [1.82, 2.24) is 39.9 Å². The monoisotopic (exact) mass is 428 g/mol. The Morgan fingerprint density at radius 1 is 0.500 bits per heavy atom. The van der Waals surface area contributed by atoms with E-state index in [9.17, 15) is 0 Å². The Morgan fingerprint density at radius 2 is 1.00 bits per heavy atom. The molecule has 0 fully saturated rings. The molecule has 1 N–H and O–H groups in total. The lowest BCUT2D eigenvalue weighted by atomic mass is 10.1. The molecule has 4 rings (SSSR count). The fraction of sp³-hybridized carbons (Fsp3) is 0.375. The molecule has 4 heterocycles. The second-order valence-corrected chi connectivity index (χ2v) is 7.66. The van der Waals surface area contributed by atoms with Gasteiger partial charge in [0.1, 0.15) is 23.3 Å². The Labute approximate surface area is 188 Å². The van der Waals surface area contributed by atoms with Gasteiger partial charge < -0.3 is 4.98 Å². The Balaban J connectivity index is 1.34. The van der Waals surface area contributed by atoms with Crippen molar-refractivity contribution in [2.75, 3.05) is 0 Å². The van der Waals surface area contributed by atoms with Gasteiger partial charge in [-0.25, -0.2) is 34.9 Å². The lowest BCUT2D eigenvalue weighted by Gasteiger charge is -2.03. The topological polar surface area (TPSA) is 106 Å². The standard InChI is InChI=1S/C24H28N8/c1(8-21-25-13-4-14-26-21)2-9-24-31-19(7-3-10-22-27-15-5-16-28-22)20(32-24)11-12-23-29-17-6-18-30-23/h4-6,13-18H,1-3,7-12H2,(H,31,32). The van der Waals surface area contributed by atoms with Gasteiger partial charge in [0.05, 0.1) is 5.69 Å². The molecule has 32 heavy (non-hydrogen) atoms. The Morgan fingerprint density at radius 3 is 1.59 bits per heavy atom. The van der Waals surface area contributed by atoms with Crippen LogP contribution in [-0.4, -0.2) is 39.9 Å². The van der Waals surface area contributed by atoms with E-state index in [1.165, 1.54) is 5.69 Å². The SMILES string of the molecule is c1cnc(CCCCc2nc(CCc3ncccn3)c(CCCc3ncccn3)[nH]2)nc1. The molecule has 8 nitrogen and oxygen atoms in total. The molecule has 0 aromatic carbocycles. The van der Waals surface area contributed by atoms with Crippen LogP contribution in [0.25, 0.3) is 0 Å². The zero-order chi connectivity index (χ0) is 21.8. The molecule has 0 unspecified atom stereocenters. The summed E-state index contributed by atoms with van der Waals surface area (Å²) in [5.41, 5.74) is 2.33. The van der Waals surface area contributed by atoms with E-state index in [2.05, 4.69) is 34.9 Å². The van der Waals surface area contributed by atoms with Crippen molar-refractivity contribution < 1.29 is 0 Å². The maximum Gasteiger partial charge on any atom is 0.128 e. The van der Waals surface area contributed by atoms with Crippen LogP contribution in [0.4, 0.5) is 0 Å². The summed E-state index contributed by atoms with van der Waals surface area (Å²) in [4.78, 5) is 34.4. The normalized spacial score (nSPS) is 11.0. The van der Waals surface area contributed by atoms with Gasteiger partial charge in [0.15, 0.2) is 0 Å². The van der Waals surface area contributed by atoms with Crippen molar-refractivity contribution in [2.24, 2.45) is 0 Å². The quantitative estimate of drug-likeness (QED) is 0.345. The average molecular weight is 429 g/mol. The van der Waals surface area contributed by atoms with E-state index in [4.69, 9.17) is 4.98 Å². The summed E-state index contributed by atoms with van der Waals surface area (Å²) in [5, 5.41) is 0. The second-order valence-electron chi connectivity index (χ2n) is 7.66. The van der Waals surface area contributed by atoms with Crippen LogP contribution >= 0.6 is 0 Å². The summed E-state index contributed by atoms with van der Waals surface area (Å²) in [7, 11) is 0. The van der Waals surface area contributed by atoms with Crippen molar-refractivity contribution in [3.8, 4) is 0 Å². The predicted octanol–water partition coefficient (Wildman–Crippen LogP) is 3.31. The summed E-state index contributed by atoms with van der Waals surface area (Å²) < 4.78 is 0. The van der Waals surface area contributed by atoms with Gasteiger partial charge in [-0.05, 0) is 50.3 Å². The van der Waals surface area contributed by atoms with E-state index >= 15 is 0 Å². The molecule has 0 aliphatic heterocycles. The molecule has 4 aromatic rings. The smallest absolute Gasteiger partial charge is 0.128 e. The van der Waals surface area contributed by atoms with Crippen LogP contribution in [0, 0.1) is 0 Å². The summed E-state index contributed by atoms with van der Waals surface area (Å²) in [5.74, 6) is 3.69. The van der Waals surface area contributed by atoms with Crippen LogP contribution in [0.15, 0.2) is 55.4 Å². The van der Waals surface area contributed by atoms with Gasteiger partial charge in [0.2, 0.25) is 0 Å². The third-order valence-electron chi connectivity index (χ3n) is 5.25. The first-order chi connectivity index (χ1) is 15.9. The van der Waals surface area contributed by atoms with Crippen molar-refractivity contribution in [1.29, 1.82) is 0 Å². The van der Waals surface area contributed by atoms with Crippen molar-refractivity contribution in [3.05, 3.63) is 90.1 Å². The lowest BCUT2D eigenvalue weighted by molar-refractivity contribution is 0.688. The summed E-state index contributed by atoms with van der Waals surface area (Å²) >= 11 is 0. The Bertz CT molecular complexity index is 1050. The molecule has 0 saturated heterocycles. The van der Waals surface area contributed by atoms with Crippen LogP contribution < -0.4 is 0 Å². The third-order valence-corrected chi connectivity index (χ3v) is 5.25. The predicted molar refractivity (Wildman–Crippen MR) is 121 cm³/mol. The van der Waals surface area contributed by atoms with Gasteiger partial charge in [-0.3, -0.25) is 0 Å². The second kappa shape index (κ2) is 11.7. The molecular formula is C24H28N8.